The van der Waals surface area contributed by atoms with Gasteiger partial charge in [-0.05, 0) is 29.3 Å². The van der Waals surface area contributed by atoms with Crippen molar-refractivity contribution in [1.29, 1.82) is 0 Å². The van der Waals surface area contributed by atoms with Gasteiger partial charge in [0.15, 0.2) is 0 Å². The van der Waals surface area contributed by atoms with E-state index in [1.165, 1.54) is 6.08 Å². The number of pyridine rings is 1. The minimum Gasteiger partial charge on any atom is -0.481 e. The molecule has 0 aliphatic heterocycles. The highest BCUT2D eigenvalue weighted by atomic mass is 35.5. The first-order valence-corrected chi connectivity index (χ1v) is 6.75. The monoisotopic (exact) mass is 302 g/mol. The number of hydrogen-bond donors (Lipinski definition) is 1. The number of carbonyl (C=O) groups is 1. The first-order valence-electron chi connectivity index (χ1n) is 6.38. The van der Waals surface area contributed by atoms with E-state index < -0.39 is 0 Å². The van der Waals surface area contributed by atoms with E-state index in [0.29, 0.717) is 17.4 Å². The largest absolute Gasteiger partial charge is 0.481 e. The number of carbonyl (C=O) groups excluding carboxylic acids is 1. The summed E-state index contributed by atoms with van der Waals surface area (Å²) in [7, 11) is 1.56. The molecule has 0 radical (unpaired) electrons. The van der Waals surface area contributed by atoms with Crippen LogP contribution in [0.25, 0.3) is 6.08 Å². The molecule has 0 saturated heterocycles. The van der Waals surface area contributed by atoms with Crippen LogP contribution in [0.15, 0.2) is 48.7 Å². The van der Waals surface area contributed by atoms with E-state index in [9.17, 15) is 4.79 Å². The molecule has 21 heavy (non-hydrogen) atoms. The van der Waals surface area contributed by atoms with Crippen LogP contribution in [0.1, 0.15) is 11.1 Å². The quantitative estimate of drug-likeness (QED) is 0.864. The van der Waals surface area contributed by atoms with Gasteiger partial charge in [-0.25, -0.2) is 4.98 Å². The average Bonchev–Trinajstić information content (AvgIpc) is 2.53. The number of aromatic nitrogens is 1. The SMILES string of the molecule is COc1ccc(CNC(=O)/C=C/c2ccc(Cl)cc2)cn1. The first kappa shape index (κ1) is 15.1. The summed E-state index contributed by atoms with van der Waals surface area (Å²) in [6, 6.07) is 10.9. The number of methoxy groups -OCH3 is 1. The zero-order valence-corrected chi connectivity index (χ0v) is 12.3. The van der Waals surface area contributed by atoms with Gasteiger partial charge >= 0.3 is 0 Å². The van der Waals surface area contributed by atoms with Crippen molar-refractivity contribution in [3.8, 4) is 5.88 Å². The van der Waals surface area contributed by atoms with Crippen molar-refractivity contribution < 1.29 is 9.53 Å². The Kier molecular flexibility index (Phi) is 5.35. The summed E-state index contributed by atoms with van der Waals surface area (Å²) in [5, 5.41) is 3.46. The second-order valence-corrected chi connectivity index (χ2v) is 4.75. The number of amides is 1. The second-order valence-electron chi connectivity index (χ2n) is 4.31. The molecule has 0 unspecified atom stereocenters. The smallest absolute Gasteiger partial charge is 0.244 e. The molecule has 1 N–H and O–H groups in total. The Bertz CT molecular complexity index is 622. The van der Waals surface area contributed by atoms with Gasteiger partial charge in [0.25, 0.3) is 0 Å². The van der Waals surface area contributed by atoms with Gasteiger partial charge in [0.2, 0.25) is 11.8 Å². The number of nitrogens with one attached hydrogen (secondary N) is 1. The Balaban J connectivity index is 1.85. The normalized spacial score (nSPS) is 10.6. The summed E-state index contributed by atoms with van der Waals surface area (Å²) in [4.78, 5) is 15.8. The number of hydrogen-bond acceptors (Lipinski definition) is 3. The van der Waals surface area contributed by atoms with Crippen molar-refractivity contribution in [2.45, 2.75) is 6.54 Å². The number of ether oxygens (including phenoxy) is 1. The highest BCUT2D eigenvalue weighted by Crippen LogP contribution is 2.10. The highest BCUT2D eigenvalue weighted by molar-refractivity contribution is 6.30. The second kappa shape index (κ2) is 7.45. The maximum Gasteiger partial charge on any atom is 0.244 e. The molecule has 2 aromatic rings. The lowest BCUT2D eigenvalue weighted by Crippen LogP contribution is -2.20. The molecule has 1 heterocycles. The van der Waals surface area contributed by atoms with Crippen LogP contribution in [0.4, 0.5) is 0 Å². The molecule has 0 aliphatic carbocycles. The number of benzene rings is 1. The van der Waals surface area contributed by atoms with Crippen molar-refractivity contribution in [1.82, 2.24) is 10.3 Å². The van der Waals surface area contributed by atoms with Crippen molar-refractivity contribution in [2.75, 3.05) is 7.11 Å². The molecule has 0 fully saturated rings. The van der Waals surface area contributed by atoms with Gasteiger partial charge in [0, 0.05) is 29.9 Å². The fourth-order valence-corrected chi connectivity index (χ4v) is 1.76. The van der Waals surface area contributed by atoms with Gasteiger partial charge in [-0.2, -0.15) is 0 Å². The van der Waals surface area contributed by atoms with E-state index in [1.807, 2.05) is 18.2 Å². The zero-order valence-electron chi connectivity index (χ0n) is 11.5. The lowest BCUT2D eigenvalue weighted by Gasteiger charge is -2.03. The lowest BCUT2D eigenvalue weighted by atomic mass is 10.2. The highest BCUT2D eigenvalue weighted by Gasteiger charge is 1.98. The molecule has 0 saturated carbocycles. The molecule has 5 heteroatoms. The van der Waals surface area contributed by atoms with E-state index >= 15 is 0 Å². The number of nitrogens with zero attached hydrogens (tertiary/aromatic N) is 1. The van der Waals surface area contributed by atoms with E-state index in [-0.39, 0.29) is 5.91 Å². The molecule has 2 rings (SSSR count). The fraction of sp³-hybridized carbons (Fsp3) is 0.125. The van der Waals surface area contributed by atoms with E-state index in [0.717, 1.165) is 11.1 Å². The van der Waals surface area contributed by atoms with E-state index in [2.05, 4.69) is 10.3 Å². The molecule has 0 spiro atoms. The number of rotatable bonds is 5. The van der Waals surface area contributed by atoms with Crippen LogP contribution in [-0.2, 0) is 11.3 Å². The first-order chi connectivity index (χ1) is 10.2. The van der Waals surface area contributed by atoms with Crippen molar-refractivity contribution in [3.05, 3.63) is 64.8 Å². The van der Waals surface area contributed by atoms with Gasteiger partial charge in [-0.1, -0.05) is 29.8 Å². The molecular weight excluding hydrogens is 288 g/mol. The van der Waals surface area contributed by atoms with Crippen molar-refractivity contribution in [3.63, 3.8) is 0 Å². The van der Waals surface area contributed by atoms with Gasteiger partial charge in [-0.3, -0.25) is 4.79 Å². The predicted octanol–water partition coefficient (Wildman–Crippen LogP) is 3.07. The van der Waals surface area contributed by atoms with Gasteiger partial charge in [0.05, 0.1) is 7.11 Å². The van der Waals surface area contributed by atoms with Crippen molar-refractivity contribution in [2.24, 2.45) is 0 Å². The summed E-state index contributed by atoms with van der Waals surface area (Å²) in [6.45, 7) is 0.417. The maximum atomic E-state index is 11.7. The molecule has 4 nitrogen and oxygen atoms in total. The standard InChI is InChI=1S/C16H15ClN2O2/c1-21-16-9-5-13(11-19-16)10-18-15(20)8-4-12-2-6-14(17)7-3-12/h2-9,11H,10H2,1H3,(H,18,20)/b8-4+. The Labute approximate surface area is 128 Å². The molecule has 1 amide bonds. The summed E-state index contributed by atoms with van der Waals surface area (Å²) >= 11 is 5.80. The topological polar surface area (TPSA) is 51.2 Å². The van der Waals surface area contributed by atoms with Crippen LogP contribution >= 0.6 is 11.6 Å². The van der Waals surface area contributed by atoms with Crippen LogP contribution in [0.2, 0.25) is 5.02 Å². The molecule has 1 aromatic heterocycles. The van der Waals surface area contributed by atoms with E-state index in [4.69, 9.17) is 16.3 Å². The minimum atomic E-state index is -0.166. The Morgan fingerprint density at radius 3 is 2.67 bits per heavy atom. The summed E-state index contributed by atoms with van der Waals surface area (Å²) < 4.78 is 4.97. The van der Waals surface area contributed by atoms with Gasteiger partial charge in [0.1, 0.15) is 0 Å². The molecular formula is C16H15ClN2O2. The third-order valence-corrected chi connectivity index (χ3v) is 3.02. The summed E-state index contributed by atoms with van der Waals surface area (Å²) in [5.41, 5.74) is 1.82. The van der Waals surface area contributed by atoms with Crippen LogP contribution in [0, 0.1) is 0 Å². The fourth-order valence-electron chi connectivity index (χ4n) is 1.63. The Hall–Kier alpha value is -2.33. The van der Waals surface area contributed by atoms with Gasteiger partial charge < -0.3 is 10.1 Å². The van der Waals surface area contributed by atoms with Crippen LogP contribution in [-0.4, -0.2) is 18.0 Å². The van der Waals surface area contributed by atoms with Crippen LogP contribution in [0.5, 0.6) is 5.88 Å². The molecule has 0 aliphatic rings. The zero-order chi connectivity index (χ0) is 15.1. The van der Waals surface area contributed by atoms with Crippen molar-refractivity contribution >= 4 is 23.6 Å². The summed E-state index contributed by atoms with van der Waals surface area (Å²) in [5.74, 6) is 0.383. The van der Waals surface area contributed by atoms with E-state index in [1.54, 1.807) is 37.6 Å². The Morgan fingerprint density at radius 2 is 2.05 bits per heavy atom. The predicted molar refractivity (Wildman–Crippen MR) is 83.1 cm³/mol. The molecule has 1 aromatic carbocycles. The minimum absolute atomic E-state index is 0.166. The maximum absolute atomic E-state index is 11.7. The summed E-state index contributed by atoms with van der Waals surface area (Å²) in [6.07, 6.45) is 4.89. The van der Waals surface area contributed by atoms with Gasteiger partial charge in [-0.15, -0.1) is 0 Å². The number of halogens is 1. The Morgan fingerprint density at radius 1 is 1.29 bits per heavy atom. The molecule has 108 valence electrons. The van der Waals surface area contributed by atoms with Crippen LogP contribution in [0.3, 0.4) is 0 Å². The third-order valence-electron chi connectivity index (χ3n) is 2.77. The lowest BCUT2D eigenvalue weighted by molar-refractivity contribution is -0.116. The molecule has 0 bridgehead atoms. The third kappa shape index (κ3) is 4.93. The molecule has 0 atom stereocenters. The van der Waals surface area contributed by atoms with Crippen LogP contribution < -0.4 is 10.1 Å². The average molecular weight is 303 g/mol.